The van der Waals surface area contributed by atoms with Gasteiger partial charge in [-0.1, -0.05) is 0 Å². The first-order valence-corrected chi connectivity index (χ1v) is 7.36. The fourth-order valence-corrected chi connectivity index (χ4v) is 2.77. The summed E-state index contributed by atoms with van der Waals surface area (Å²) in [7, 11) is 3.16. The number of ketones is 1. The number of furan rings is 2. The van der Waals surface area contributed by atoms with Gasteiger partial charge in [0, 0.05) is 10.8 Å². The fraction of sp³-hybridized carbons (Fsp3) is 0.105. The molecular formula is C19H14O5. The first kappa shape index (κ1) is 14.4. The number of rotatable bonds is 4. The molecule has 4 rings (SSSR count). The van der Waals surface area contributed by atoms with Gasteiger partial charge >= 0.3 is 0 Å². The lowest BCUT2D eigenvalue weighted by atomic mass is 10.0. The summed E-state index contributed by atoms with van der Waals surface area (Å²) in [5.41, 5.74) is 2.19. The van der Waals surface area contributed by atoms with Crippen LogP contribution < -0.4 is 9.47 Å². The van der Waals surface area contributed by atoms with Crippen molar-refractivity contribution in [3.05, 3.63) is 60.1 Å². The second-order valence-corrected chi connectivity index (χ2v) is 5.35. The topological polar surface area (TPSA) is 61.8 Å². The minimum Gasteiger partial charge on any atom is -0.497 e. The highest BCUT2D eigenvalue weighted by Crippen LogP contribution is 2.31. The van der Waals surface area contributed by atoms with Gasteiger partial charge in [-0.25, -0.2) is 0 Å². The predicted molar refractivity (Wildman–Crippen MR) is 89.0 cm³/mol. The van der Waals surface area contributed by atoms with E-state index in [0.29, 0.717) is 44.6 Å². The summed E-state index contributed by atoms with van der Waals surface area (Å²) in [4.78, 5) is 13.0. The van der Waals surface area contributed by atoms with E-state index in [2.05, 4.69) is 0 Å². The van der Waals surface area contributed by atoms with E-state index in [4.69, 9.17) is 18.3 Å². The van der Waals surface area contributed by atoms with Gasteiger partial charge in [0.1, 0.15) is 35.2 Å². The second-order valence-electron chi connectivity index (χ2n) is 5.35. The van der Waals surface area contributed by atoms with E-state index in [-0.39, 0.29) is 5.78 Å². The van der Waals surface area contributed by atoms with Crippen LogP contribution in [0.15, 0.2) is 57.8 Å². The quantitative estimate of drug-likeness (QED) is 0.520. The lowest BCUT2D eigenvalue weighted by Crippen LogP contribution is -1.99. The Bertz CT molecular complexity index is 970. The molecule has 4 aromatic rings. The summed E-state index contributed by atoms with van der Waals surface area (Å²) < 4.78 is 21.4. The van der Waals surface area contributed by atoms with E-state index in [1.54, 1.807) is 50.6 Å². The van der Waals surface area contributed by atoms with Crippen molar-refractivity contribution in [3.8, 4) is 11.5 Å². The number of carbonyl (C=O) groups excluding carboxylic acids is 1. The van der Waals surface area contributed by atoms with Crippen LogP contribution in [0.1, 0.15) is 15.9 Å². The maximum atomic E-state index is 13.0. The van der Waals surface area contributed by atoms with Gasteiger partial charge in [0.05, 0.1) is 25.3 Å². The van der Waals surface area contributed by atoms with Crippen LogP contribution >= 0.6 is 0 Å². The zero-order chi connectivity index (χ0) is 16.7. The molecule has 2 heterocycles. The third kappa shape index (κ3) is 2.13. The minimum atomic E-state index is -0.172. The van der Waals surface area contributed by atoms with E-state index in [9.17, 15) is 4.79 Å². The van der Waals surface area contributed by atoms with Gasteiger partial charge in [0.2, 0.25) is 5.78 Å². The highest BCUT2D eigenvalue weighted by molar-refractivity contribution is 6.20. The molecular weight excluding hydrogens is 308 g/mol. The van der Waals surface area contributed by atoms with E-state index in [1.807, 2.05) is 0 Å². The molecule has 0 aliphatic rings. The fourth-order valence-electron chi connectivity index (χ4n) is 2.77. The number of ether oxygens (including phenoxy) is 2. The van der Waals surface area contributed by atoms with Crippen LogP contribution in [-0.2, 0) is 0 Å². The van der Waals surface area contributed by atoms with Crippen molar-refractivity contribution >= 4 is 27.7 Å². The zero-order valence-electron chi connectivity index (χ0n) is 13.2. The van der Waals surface area contributed by atoms with Gasteiger partial charge in [-0.05, 0) is 36.4 Å². The van der Waals surface area contributed by atoms with E-state index < -0.39 is 0 Å². The molecule has 5 heteroatoms. The Kier molecular flexibility index (Phi) is 3.27. The Balaban J connectivity index is 1.87. The molecule has 0 saturated heterocycles. The standard InChI is InChI=1S/C19H14O5/c1-21-11-3-5-17-13(7-11)15(9-23-17)19(20)16-10-24-18-6-4-12(22-2)8-14(16)18/h3-10H,1-2H3. The largest absolute Gasteiger partial charge is 0.497 e. The van der Waals surface area contributed by atoms with Crippen LogP contribution in [0.5, 0.6) is 11.5 Å². The molecule has 0 spiro atoms. The first-order chi connectivity index (χ1) is 11.7. The average molecular weight is 322 g/mol. The Morgan fingerprint density at radius 2 is 1.25 bits per heavy atom. The molecule has 0 fully saturated rings. The monoisotopic (exact) mass is 322 g/mol. The predicted octanol–water partition coefficient (Wildman–Crippen LogP) is 4.43. The highest BCUT2D eigenvalue weighted by Gasteiger charge is 2.20. The number of hydrogen-bond donors (Lipinski definition) is 0. The van der Waals surface area contributed by atoms with Crippen molar-refractivity contribution in [1.82, 2.24) is 0 Å². The SMILES string of the molecule is COc1ccc2occ(C(=O)c3coc4ccc(OC)cc34)c2c1. The third-order valence-corrected chi connectivity index (χ3v) is 4.05. The molecule has 2 aromatic heterocycles. The van der Waals surface area contributed by atoms with Crippen molar-refractivity contribution in [2.24, 2.45) is 0 Å². The van der Waals surface area contributed by atoms with Crippen molar-refractivity contribution < 1.29 is 23.1 Å². The highest BCUT2D eigenvalue weighted by atomic mass is 16.5. The van der Waals surface area contributed by atoms with Gasteiger partial charge in [-0.3, -0.25) is 4.79 Å². The molecule has 0 radical (unpaired) electrons. The maximum absolute atomic E-state index is 13.0. The molecule has 0 saturated carbocycles. The van der Waals surface area contributed by atoms with Gasteiger partial charge in [-0.2, -0.15) is 0 Å². The molecule has 5 nitrogen and oxygen atoms in total. The summed E-state index contributed by atoms with van der Waals surface area (Å²) in [5.74, 6) is 1.15. The van der Waals surface area contributed by atoms with E-state index >= 15 is 0 Å². The normalized spacial score (nSPS) is 11.1. The van der Waals surface area contributed by atoms with Gasteiger partial charge < -0.3 is 18.3 Å². The minimum absolute atomic E-state index is 0.172. The number of methoxy groups -OCH3 is 2. The Morgan fingerprint density at radius 1 is 0.792 bits per heavy atom. The number of benzene rings is 2. The number of fused-ring (bicyclic) bond motifs is 2. The van der Waals surface area contributed by atoms with Crippen LogP contribution in [0.3, 0.4) is 0 Å². The Morgan fingerprint density at radius 3 is 1.67 bits per heavy atom. The van der Waals surface area contributed by atoms with Crippen molar-refractivity contribution in [3.63, 3.8) is 0 Å². The van der Waals surface area contributed by atoms with Crippen molar-refractivity contribution in [2.45, 2.75) is 0 Å². The van der Waals surface area contributed by atoms with Crippen molar-refractivity contribution in [2.75, 3.05) is 14.2 Å². The maximum Gasteiger partial charge on any atom is 0.200 e. The molecule has 0 atom stereocenters. The molecule has 0 N–H and O–H groups in total. The molecule has 0 aliphatic heterocycles. The average Bonchev–Trinajstić information content (AvgIpc) is 3.23. The molecule has 2 aromatic carbocycles. The van der Waals surface area contributed by atoms with Gasteiger partial charge in [-0.15, -0.1) is 0 Å². The van der Waals surface area contributed by atoms with Crippen LogP contribution in [0.25, 0.3) is 21.9 Å². The van der Waals surface area contributed by atoms with Gasteiger partial charge in [0.25, 0.3) is 0 Å². The van der Waals surface area contributed by atoms with Crippen LogP contribution in [0.2, 0.25) is 0 Å². The zero-order valence-corrected chi connectivity index (χ0v) is 13.2. The summed E-state index contributed by atoms with van der Waals surface area (Å²) in [6, 6.07) is 10.7. The summed E-state index contributed by atoms with van der Waals surface area (Å²) >= 11 is 0. The molecule has 0 amide bonds. The lowest BCUT2D eigenvalue weighted by Gasteiger charge is -2.01. The van der Waals surface area contributed by atoms with Crippen LogP contribution in [-0.4, -0.2) is 20.0 Å². The van der Waals surface area contributed by atoms with Crippen molar-refractivity contribution in [1.29, 1.82) is 0 Å². The Hall–Kier alpha value is -3.21. The summed E-state index contributed by atoms with van der Waals surface area (Å²) in [6.07, 6.45) is 2.93. The van der Waals surface area contributed by atoms with Crippen LogP contribution in [0, 0.1) is 0 Å². The third-order valence-electron chi connectivity index (χ3n) is 4.05. The molecule has 0 unspecified atom stereocenters. The van der Waals surface area contributed by atoms with E-state index in [0.717, 1.165) is 0 Å². The van der Waals surface area contributed by atoms with Crippen LogP contribution in [0.4, 0.5) is 0 Å². The molecule has 0 bridgehead atoms. The Labute approximate surface area is 137 Å². The summed E-state index contributed by atoms with van der Waals surface area (Å²) in [5, 5.41) is 1.41. The smallest absolute Gasteiger partial charge is 0.200 e. The summed E-state index contributed by atoms with van der Waals surface area (Å²) in [6.45, 7) is 0. The lowest BCUT2D eigenvalue weighted by molar-refractivity contribution is 0.104. The molecule has 120 valence electrons. The number of carbonyl (C=O) groups is 1. The number of hydrogen-bond acceptors (Lipinski definition) is 5. The molecule has 0 aliphatic carbocycles. The second kappa shape index (κ2) is 5.45. The van der Waals surface area contributed by atoms with E-state index in [1.165, 1.54) is 12.5 Å². The molecule has 24 heavy (non-hydrogen) atoms. The first-order valence-electron chi connectivity index (χ1n) is 7.36. The van der Waals surface area contributed by atoms with Gasteiger partial charge in [0.15, 0.2) is 0 Å².